The van der Waals surface area contributed by atoms with Crippen LogP contribution in [-0.2, 0) is 0 Å². The molecule has 0 fully saturated rings. The van der Waals surface area contributed by atoms with Crippen LogP contribution in [0.25, 0.3) is 0 Å². The van der Waals surface area contributed by atoms with Crippen LogP contribution < -0.4 is 0 Å². The van der Waals surface area contributed by atoms with Crippen LogP contribution in [-0.4, -0.2) is 5.38 Å². The molecule has 0 saturated heterocycles. The van der Waals surface area contributed by atoms with E-state index >= 15 is 0 Å². The summed E-state index contributed by atoms with van der Waals surface area (Å²) in [7, 11) is 0. The van der Waals surface area contributed by atoms with Gasteiger partial charge < -0.3 is 0 Å². The lowest BCUT2D eigenvalue weighted by Gasteiger charge is -2.07. The van der Waals surface area contributed by atoms with Crippen LogP contribution in [0.1, 0.15) is 44.9 Å². The largest absolute Gasteiger partial charge is 0.123 e. The second kappa shape index (κ2) is 5.65. The van der Waals surface area contributed by atoms with Gasteiger partial charge in [0.25, 0.3) is 0 Å². The molecule has 0 bridgehead atoms. The Bertz CT molecular complexity index is 118. The average Bonchev–Trinajstić information content (AvgIpc) is 2.03. The molecule has 1 aliphatic carbocycles. The average molecular weight is 173 g/mol. The second-order valence-electron chi connectivity index (χ2n) is 3.30. The van der Waals surface area contributed by atoms with Gasteiger partial charge in [0.15, 0.2) is 0 Å². The monoisotopic (exact) mass is 172 g/mol. The smallest absolute Gasteiger partial charge is 0.0370 e. The summed E-state index contributed by atoms with van der Waals surface area (Å²) in [5.74, 6) is 0. The highest BCUT2D eigenvalue weighted by atomic mass is 35.5. The molecule has 1 rings (SSSR count). The maximum Gasteiger partial charge on any atom is 0.0370 e. The van der Waals surface area contributed by atoms with Crippen molar-refractivity contribution in [2.24, 2.45) is 0 Å². The maximum atomic E-state index is 6.07. The SMILES string of the molecule is ClC1C/C=C\CCCCCC1. The number of rotatable bonds is 0. The van der Waals surface area contributed by atoms with Gasteiger partial charge in [-0.3, -0.25) is 0 Å². The third-order valence-electron chi connectivity index (χ3n) is 2.20. The third kappa shape index (κ3) is 4.47. The zero-order valence-corrected chi connectivity index (χ0v) is 7.82. The van der Waals surface area contributed by atoms with Gasteiger partial charge in [-0.25, -0.2) is 0 Å². The fraction of sp³-hybridized carbons (Fsp3) is 0.800. The van der Waals surface area contributed by atoms with Crippen molar-refractivity contribution >= 4 is 11.6 Å². The Morgan fingerprint density at radius 2 is 1.82 bits per heavy atom. The predicted molar refractivity (Wildman–Crippen MR) is 51.1 cm³/mol. The van der Waals surface area contributed by atoms with E-state index in [1.54, 1.807) is 0 Å². The van der Waals surface area contributed by atoms with Crippen molar-refractivity contribution in [3.63, 3.8) is 0 Å². The van der Waals surface area contributed by atoms with Crippen LogP contribution in [0.4, 0.5) is 0 Å². The van der Waals surface area contributed by atoms with Gasteiger partial charge in [-0.05, 0) is 25.7 Å². The van der Waals surface area contributed by atoms with Gasteiger partial charge in [-0.2, -0.15) is 0 Å². The van der Waals surface area contributed by atoms with Crippen LogP contribution in [0.2, 0.25) is 0 Å². The number of allylic oxidation sites excluding steroid dienone is 2. The summed E-state index contributed by atoms with van der Waals surface area (Å²) < 4.78 is 0. The van der Waals surface area contributed by atoms with Crippen LogP contribution in [0.3, 0.4) is 0 Å². The lowest BCUT2D eigenvalue weighted by molar-refractivity contribution is 0.596. The highest BCUT2D eigenvalue weighted by molar-refractivity contribution is 6.20. The fourth-order valence-electron chi connectivity index (χ4n) is 1.46. The first-order valence-electron chi connectivity index (χ1n) is 4.68. The van der Waals surface area contributed by atoms with Gasteiger partial charge in [0.1, 0.15) is 0 Å². The van der Waals surface area contributed by atoms with E-state index in [9.17, 15) is 0 Å². The summed E-state index contributed by atoms with van der Waals surface area (Å²) in [6.45, 7) is 0. The molecule has 0 saturated carbocycles. The van der Waals surface area contributed by atoms with Crippen molar-refractivity contribution in [2.45, 2.75) is 50.3 Å². The van der Waals surface area contributed by atoms with E-state index < -0.39 is 0 Å². The molecule has 1 atom stereocenters. The molecule has 0 amide bonds. The Balaban J connectivity index is 2.25. The first-order chi connectivity index (χ1) is 5.39. The van der Waals surface area contributed by atoms with E-state index in [0.717, 1.165) is 6.42 Å². The van der Waals surface area contributed by atoms with Crippen molar-refractivity contribution in [3.05, 3.63) is 12.2 Å². The molecular weight excluding hydrogens is 156 g/mol. The number of hydrogen-bond acceptors (Lipinski definition) is 0. The second-order valence-corrected chi connectivity index (χ2v) is 3.91. The minimum atomic E-state index is 0.393. The normalized spacial score (nSPS) is 31.2. The number of halogens is 1. The highest BCUT2D eigenvalue weighted by Crippen LogP contribution is 2.16. The summed E-state index contributed by atoms with van der Waals surface area (Å²) in [6, 6.07) is 0. The molecule has 11 heavy (non-hydrogen) atoms. The zero-order chi connectivity index (χ0) is 7.94. The third-order valence-corrected chi connectivity index (χ3v) is 2.59. The zero-order valence-electron chi connectivity index (χ0n) is 7.06. The summed E-state index contributed by atoms with van der Waals surface area (Å²) in [5.41, 5.74) is 0. The molecule has 1 aliphatic rings. The van der Waals surface area contributed by atoms with E-state index in [1.165, 1.54) is 38.5 Å². The van der Waals surface area contributed by atoms with Crippen molar-refractivity contribution in [1.82, 2.24) is 0 Å². The van der Waals surface area contributed by atoms with E-state index in [0.29, 0.717) is 5.38 Å². The van der Waals surface area contributed by atoms with Crippen molar-refractivity contribution in [2.75, 3.05) is 0 Å². The van der Waals surface area contributed by atoms with Crippen molar-refractivity contribution < 1.29 is 0 Å². The van der Waals surface area contributed by atoms with Crippen LogP contribution >= 0.6 is 11.6 Å². The number of alkyl halides is 1. The lowest BCUT2D eigenvalue weighted by atomic mass is 10.0. The van der Waals surface area contributed by atoms with Gasteiger partial charge in [0.05, 0.1) is 0 Å². The fourth-order valence-corrected chi connectivity index (χ4v) is 1.72. The molecule has 0 aromatic carbocycles. The maximum absolute atomic E-state index is 6.07. The minimum Gasteiger partial charge on any atom is -0.123 e. The van der Waals surface area contributed by atoms with E-state index in [-0.39, 0.29) is 0 Å². The molecule has 0 N–H and O–H groups in total. The topological polar surface area (TPSA) is 0 Å². The van der Waals surface area contributed by atoms with Crippen molar-refractivity contribution in [1.29, 1.82) is 0 Å². The summed E-state index contributed by atoms with van der Waals surface area (Å²) in [6.07, 6.45) is 13.5. The molecule has 0 aliphatic heterocycles. The molecule has 64 valence electrons. The molecule has 1 heteroatoms. The Morgan fingerprint density at radius 3 is 2.73 bits per heavy atom. The molecule has 0 spiro atoms. The van der Waals surface area contributed by atoms with Gasteiger partial charge >= 0.3 is 0 Å². The Kier molecular flexibility index (Phi) is 4.69. The molecule has 0 nitrogen and oxygen atoms in total. The summed E-state index contributed by atoms with van der Waals surface area (Å²) in [5, 5.41) is 0.393. The Labute approximate surface area is 74.6 Å². The quantitative estimate of drug-likeness (QED) is 0.384. The van der Waals surface area contributed by atoms with Crippen LogP contribution in [0.15, 0.2) is 12.2 Å². The van der Waals surface area contributed by atoms with Gasteiger partial charge in [-0.15, -0.1) is 11.6 Å². The standard InChI is InChI=1S/C10H17Cl/c11-10-8-6-4-2-1-3-5-7-9-10/h4,6,10H,1-3,5,7-9H2/b6-4-. The van der Waals surface area contributed by atoms with Gasteiger partial charge in [0.2, 0.25) is 0 Å². The van der Waals surface area contributed by atoms with E-state index in [1.807, 2.05) is 0 Å². The predicted octanol–water partition coefficient (Wildman–Crippen LogP) is 3.89. The highest BCUT2D eigenvalue weighted by Gasteiger charge is 2.02. The first-order valence-corrected chi connectivity index (χ1v) is 5.12. The van der Waals surface area contributed by atoms with Gasteiger partial charge in [-0.1, -0.05) is 31.4 Å². The molecule has 0 aromatic heterocycles. The molecule has 0 radical (unpaired) electrons. The summed E-state index contributed by atoms with van der Waals surface area (Å²) >= 11 is 6.07. The van der Waals surface area contributed by atoms with Gasteiger partial charge in [0, 0.05) is 5.38 Å². The minimum absolute atomic E-state index is 0.393. The number of hydrogen-bond donors (Lipinski definition) is 0. The first kappa shape index (κ1) is 9.12. The molecule has 0 heterocycles. The van der Waals surface area contributed by atoms with Crippen LogP contribution in [0, 0.1) is 0 Å². The van der Waals surface area contributed by atoms with Crippen molar-refractivity contribution in [3.8, 4) is 0 Å². The van der Waals surface area contributed by atoms with Crippen LogP contribution in [0.5, 0.6) is 0 Å². The molecule has 0 aromatic rings. The lowest BCUT2D eigenvalue weighted by Crippen LogP contribution is -1.97. The molecular formula is C10H17Cl. The Hall–Kier alpha value is 0.0300. The van der Waals surface area contributed by atoms with E-state index in [4.69, 9.17) is 11.6 Å². The Morgan fingerprint density at radius 1 is 1.00 bits per heavy atom. The molecule has 1 unspecified atom stereocenters. The summed E-state index contributed by atoms with van der Waals surface area (Å²) in [4.78, 5) is 0. The van der Waals surface area contributed by atoms with E-state index in [2.05, 4.69) is 12.2 Å².